The molecule has 2 fully saturated rings. The summed E-state index contributed by atoms with van der Waals surface area (Å²) >= 11 is 6.97. The Hall–Kier alpha value is -5.55. The Balaban J connectivity index is 1.06. The van der Waals surface area contributed by atoms with Gasteiger partial charge in [-0.05, 0) is 67.3 Å². The Morgan fingerprint density at radius 1 is 1.00 bits per heavy atom. The monoisotopic (exact) mass is 883 g/mol. The van der Waals surface area contributed by atoms with Crippen molar-refractivity contribution >= 4 is 29.0 Å². The van der Waals surface area contributed by atoms with E-state index in [0.717, 1.165) is 77.1 Å². The molecule has 4 atom stereocenters. The first-order chi connectivity index (χ1) is 31.0. The SMILES string of the molecule is C[C@H]1CC[C@@]2(Cc3nc(OC[C@@]45CCCN4C[C@H](F)C5)nc(N4CCCn5nc(C(=O)N(C)C)c(Cl)c5C4)c3CO2)c2c1ccc(N(Cc1ccccc1)Cc1ccccc1)c2C#N. The molecule has 5 aliphatic rings. The van der Waals surface area contributed by atoms with E-state index in [4.69, 9.17) is 31.0 Å². The highest BCUT2D eigenvalue weighted by Crippen LogP contribution is 2.52. The van der Waals surface area contributed by atoms with Crippen molar-refractivity contribution in [3.8, 4) is 12.1 Å². The zero-order valence-electron chi connectivity index (χ0n) is 36.9. The highest BCUT2D eigenvalue weighted by Gasteiger charge is 2.50. The van der Waals surface area contributed by atoms with Gasteiger partial charge in [0, 0.05) is 70.8 Å². The van der Waals surface area contributed by atoms with Crippen LogP contribution in [0.1, 0.15) is 107 Å². The summed E-state index contributed by atoms with van der Waals surface area (Å²) in [6.07, 6.45) is 4.16. The van der Waals surface area contributed by atoms with E-state index in [1.165, 1.54) is 4.90 Å². The van der Waals surface area contributed by atoms with Crippen molar-refractivity contribution in [3.05, 3.63) is 128 Å². The predicted octanol–water partition coefficient (Wildman–Crippen LogP) is 8.34. The molecule has 2 saturated heterocycles. The molecule has 64 heavy (non-hydrogen) atoms. The lowest BCUT2D eigenvalue weighted by molar-refractivity contribution is -0.0873. The smallest absolute Gasteiger partial charge is 0.318 e. The number of aromatic nitrogens is 4. The van der Waals surface area contributed by atoms with Crippen LogP contribution in [-0.4, -0.2) is 87.5 Å². The van der Waals surface area contributed by atoms with Gasteiger partial charge in [0.1, 0.15) is 30.3 Å². The van der Waals surface area contributed by atoms with E-state index in [-0.39, 0.29) is 35.7 Å². The van der Waals surface area contributed by atoms with Crippen LogP contribution >= 0.6 is 11.6 Å². The molecule has 1 spiro atoms. The molecule has 0 bridgehead atoms. The van der Waals surface area contributed by atoms with E-state index in [1.54, 1.807) is 14.1 Å². The number of hydrogen-bond donors (Lipinski definition) is 0. The molecular weight excluding hydrogens is 829 g/mol. The third kappa shape index (κ3) is 7.67. The summed E-state index contributed by atoms with van der Waals surface area (Å²) in [5.74, 6) is 0.657. The molecule has 5 aromatic rings. The predicted molar refractivity (Wildman–Crippen MR) is 243 cm³/mol. The van der Waals surface area contributed by atoms with Crippen LogP contribution < -0.4 is 14.5 Å². The molecule has 1 amide bonds. The molecule has 10 rings (SSSR count). The summed E-state index contributed by atoms with van der Waals surface area (Å²) in [5.41, 5.74) is 7.31. The van der Waals surface area contributed by atoms with Gasteiger partial charge in [0.2, 0.25) is 0 Å². The van der Waals surface area contributed by atoms with Crippen LogP contribution in [0, 0.1) is 11.3 Å². The number of benzene rings is 3. The third-order valence-corrected chi connectivity index (χ3v) is 14.7. The average Bonchev–Trinajstić information content (AvgIpc) is 3.88. The van der Waals surface area contributed by atoms with E-state index in [1.807, 2.05) is 16.8 Å². The summed E-state index contributed by atoms with van der Waals surface area (Å²) in [5, 5.41) is 16.3. The molecule has 0 unspecified atom stereocenters. The fourth-order valence-corrected chi connectivity index (χ4v) is 11.4. The first-order valence-electron chi connectivity index (χ1n) is 22.7. The molecule has 332 valence electrons. The van der Waals surface area contributed by atoms with Gasteiger partial charge < -0.3 is 24.2 Å². The number of carbonyl (C=O) groups is 1. The van der Waals surface area contributed by atoms with Gasteiger partial charge in [-0.1, -0.05) is 85.3 Å². The normalized spacial score (nSPS) is 23.7. The number of nitriles is 1. The van der Waals surface area contributed by atoms with Gasteiger partial charge in [-0.15, -0.1) is 0 Å². The lowest BCUT2D eigenvalue weighted by Gasteiger charge is -2.45. The Kier molecular flexibility index (Phi) is 11.3. The largest absolute Gasteiger partial charge is 0.461 e. The molecule has 12 nitrogen and oxygen atoms in total. The number of hydrogen-bond acceptors (Lipinski definition) is 10. The second kappa shape index (κ2) is 17.1. The Morgan fingerprint density at radius 3 is 2.47 bits per heavy atom. The fourth-order valence-electron chi connectivity index (χ4n) is 11.1. The molecule has 14 heteroatoms. The van der Waals surface area contributed by atoms with Crippen LogP contribution in [0.5, 0.6) is 6.01 Å². The molecule has 6 heterocycles. The van der Waals surface area contributed by atoms with Gasteiger partial charge in [0.05, 0.1) is 46.4 Å². The highest BCUT2D eigenvalue weighted by atomic mass is 35.5. The van der Waals surface area contributed by atoms with Crippen LogP contribution in [0.3, 0.4) is 0 Å². The van der Waals surface area contributed by atoms with Crippen LogP contribution in [0.25, 0.3) is 0 Å². The van der Waals surface area contributed by atoms with Crippen LogP contribution in [0.15, 0.2) is 72.8 Å². The van der Waals surface area contributed by atoms with E-state index >= 15 is 0 Å². The molecule has 0 radical (unpaired) electrons. The van der Waals surface area contributed by atoms with Gasteiger partial charge in [-0.25, -0.2) is 4.39 Å². The number of carbonyl (C=O) groups excluding carboxylic acids is 1. The van der Waals surface area contributed by atoms with Crippen LogP contribution in [-0.2, 0) is 49.5 Å². The van der Waals surface area contributed by atoms with Crippen molar-refractivity contribution < 1.29 is 18.7 Å². The van der Waals surface area contributed by atoms with Gasteiger partial charge in [0.15, 0.2) is 5.69 Å². The maximum atomic E-state index is 14.9. The Morgan fingerprint density at radius 2 is 1.75 bits per heavy atom. The van der Waals surface area contributed by atoms with Crippen LogP contribution in [0.4, 0.5) is 15.9 Å². The van der Waals surface area contributed by atoms with Gasteiger partial charge in [-0.3, -0.25) is 14.4 Å². The Bertz CT molecular complexity index is 2560. The zero-order chi connectivity index (χ0) is 44.2. The number of fused-ring (bicyclic) bond motifs is 5. The van der Waals surface area contributed by atoms with Crippen molar-refractivity contribution in [2.75, 3.05) is 50.1 Å². The maximum absolute atomic E-state index is 14.9. The number of halogens is 2. The van der Waals surface area contributed by atoms with E-state index in [0.29, 0.717) is 81.5 Å². The molecule has 4 aliphatic heterocycles. The molecule has 2 aromatic heterocycles. The summed E-state index contributed by atoms with van der Waals surface area (Å²) in [6.45, 7) is 6.89. The van der Waals surface area contributed by atoms with Crippen molar-refractivity contribution in [2.24, 2.45) is 0 Å². The average molecular weight is 885 g/mol. The summed E-state index contributed by atoms with van der Waals surface area (Å²) in [7, 11) is 3.38. The first-order valence-corrected chi connectivity index (χ1v) is 23.1. The van der Waals surface area contributed by atoms with E-state index in [2.05, 4.69) is 93.5 Å². The summed E-state index contributed by atoms with van der Waals surface area (Å²) < 4.78 is 30.6. The van der Waals surface area contributed by atoms with Gasteiger partial charge >= 0.3 is 6.01 Å². The lowest BCUT2D eigenvalue weighted by atomic mass is 9.69. The number of nitrogens with zero attached hydrogens (tertiary/aromatic N) is 9. The van der Waals surface area contributed by atoms with Gasteiger partial charge in [-0.2, -0.15) is 20.3 Å². The maximum Gasteiger partial charge on any atom is 0.318 e. The minimum atomic E-state index is -0.888. The molecule has 3 aromatic carbocycles. The number of anilines is 2. The molecule has 1 aliphatic carbocycles. The van der Waals surface area contributed by atoms with Gasteiger partial charge in [0.25, 0.3) is 5.91 Å². The van der Waals surface area contributed by atoms with Crippen molar-refractivity contribution in [1.82, 2.24) is 29.5 Å². The molecular formula is C50H55ClFN9O3. The second-order valence-corrected chi connectivity index (χ2v) is 19.1. The third-order valence-electron chi connectivity index (χ3n) is 14.3. The number of ether oxygens (including phenoxy) is 2. The molecule has 0 saturated carbocycles. The lowest BCUT2D eigenvalue weighted by Crippen LogP contribution is -2.44. The topological polar surface area (TPSA) is 116 Å². The number of alkyl halides is 1. The zero-order valence-corrected chi connectivity index (χ0v) is 37.7. The number of rotatable bonds is 10. The minimum absolute atomic E-state index is 0.221. The van der Waals surface area contributed by atoms with E-state index < -0.39 is 11.8 Å². The number of amides is 1. The van der Waals surface area contributed by atoms with Crippen molar-refractivity contribution in [2.45, 2.75) is 108 Å². The quantitative estimate of drug-likeness (QED) is 0.136. The number of aryl methyl sites for hydroxylation is 1. The summed E-state index contributed by atoms with van der Waals surface area (Å²) in [4.78, 5) is 31.7. The van der Waals surface area contributed by atoms with E-state index in [9.17, 15) is 14.4 Å². The second-order valence-electron chi connectivity index (χ2n) is 18.7. The minimum Gasteiger partial charge on any atom is -0.461 e. The molecule has 0 N–H and O–H groups in total. The van der Waals surface area contributed by atoms with Crippen LogP contribution in [0.2, 0.25) is 5.02 Å². The fraction of sp³-hybridized carbons (Fsp3) is 0.460. The van der Waals surface area contributed by atoms with Crippen molar-refractivity contribution in [1.29, 1.82) is 5.26 Å². The summed E-state index contributed by atoms with van der Waals surface area (Å²) in [6, 6.07) is 28.1. The Labute approximate surface area is 379 Å². The van der Waals surface area contributed by atoms with Crippen molar-refractivity contribution in [3.63, 3.8) is 0 Å². The first kappa shape index (κ1) is 42.4. The standard InChI is InChI=1S/C50H55ClFN9O3/c1-33-18-20-50(43-37(33)16-17-41(38(43)26-53)59(27-34-12-6-4-7-13-34)28-35-14-8-5-9-15-35)25-40-39(31-64-50)46(55-48(54-40)63-32-49-19-10-22-60(49)29-36(52)24-49)58-21-11-23-61-42(30-58)44(51)45(56-61)47(62)57(2)3/h4-9,12-17,33,36H,10-11,18-25,27-32H2,1-3H3/t33-,36+,49-,50+/m0/s1. The highest BCUT2D eigenvalue weighted by molar-refractivity contribution is 6.34.